The van der Waals surface area contributed by atoms with Crippen molar-refractivity contribution in [2.24, 2.45) is 0 Å². The lowest BCUT2D eigenvalue weighted by Crippen LogP contribution is -2.38. The molecule has 0 radical (unpaired) electrons. The zero-order valence-corrected chi connectivity index (χ0v) is 15.3. The summed E-state index contributed by atoms with van der Waals surface area (Å²) in [7, 11) is -3.04. The Hall–Kier alpha value is -1.54. The maximum absolute atomic E-state index is 11.7. The SMILES string of the molecule is Cc1ccc(SCC(=O)OCC(=O)N[C@@H]2CCS(=O)(=O)C2)c(C)c1. The number of sulfone groups is 1. The van der Waals surface area contributed by atoms with E-state index in [2.05, 4.69) is 5.32 Å². The fraction of sp³-hybridized carbons (Fsp3) is 0.500. The summed E-state index contributed by atoms with van der Waals surface area (Å²) >= 11 is 1.36. The molecular weight excluding hydrogens is 350 g/mol. The Morgan fingerprint density at radius 2 is 2.08 bits per heavy atom. The number of carbonyl (C=O) groups is 2. The summed E-state index contributed by atoms with van der Waals surface area (Å²) in [6.45, 7) is 3.59. The summed E-state index contributed by atoms with van der Waals surface area (Å²) < 4.78 is 27.6. The largest absolute Gasteiger partial charge is 0.455 e. The van der Waals surface area contributed by atoms with Crippen molar-refractivity contribution in [2.45, 2.75) is 31.2 Å². The van der Waals surface area contributed by atoms with Gasteiger partial charge in [0.25, 0.3) is 5.91 Å². The lowest BCUT2D eigenvalue weighted by Gasteiger charge is -2.11. The highest BCUT2D eigenvalue weighted by Crippen LogP contribution is 2.23. The van der Waals surface area contributed by atoms with E-state index in [1.807, 2.05) is 32.0 Å². The number of amides is 1. The van der Waals surface area contributed by atoms with Gasteiger partial charge in [-0.15, -0.1) is 11.8 Å². The predicted octanol–water partition coefficient (Wildman–Crippen LogP) is 1.24. The average Bonchev–Trinajstić information content (AvgIpc) is 2.83. The normalized spacial score (nSPS) is 19.0. The van der Waals surface area contributed by atoms with Gasteiger partial charge in [0, 0.05) is 10.9 Å². The van der Waals surface area contributed by atoms with E-state index >= 15 is 0 Å². The molecule has 24 heavy (non-hydrogen) atoms. The Kier molecular flexibility index (Phi) is 6.28. The van der Waals surface area contributed by atoms with Gasteiger partial charge in [0.05, 0.1) is 17.3 Å². The highest BCUT2D eigenvalue weighted by Gasteiger charge is 2.29. The molecule has 1 aliphatic rings. The molecule has 8 heteroatoms. The average molecular weight is 371 g/mol. The van der Waals surface area contributed by atoms with E-state index in [-0.39, 0.29) is 29.9 Å². The quantitative estimate of drug-likeness (QED) is 0.598. The molecule has 1 amide bonds. The molecule has 0 spiro atoms. The van der Waals surface area contributed by atoms with Gasteiger partial charge in [-0.3, -0.25) is 9.59 Å². The molecule has 1 aromatic rings. The van der Waals surface area contributed by atoms with Crippen molar-refractivity contribution < 1.29 is 22.7 Å². The summed E-state index contributed by atoms with van der Waals surface area (Å²) in [5.74, 6) is -0.787. The maximum Gasteiger partial charge on any atom is 0.316 e. The summed E-state index contributed by atoms with van der Waals surface area (Å²) in [5.41, 5.74) is 2.25. The number of thioether (sulfide) groups is 1. The third-order valence-corrected chi connectivity index (χ3v) is 6.55. The van der Waals surface area contributed by atoms with E-state index in [0.29, 0.717) is 6.42 Å². The third kappa shape index (κ3) is 5.83. The van der Waals surface area contributed by atoms with Crippen LogP contribution >= 0.6 is 11.8 Å². The smallest absolute Gasteiger partial charge is 0.316 e. The van der Waals surface area contributed by atoms with Crippen LogP contribution in [-0.4, -0.2) is 50.2 Å². The Morgan fingerprint density at radius 1 is 1.33 bits per heavy atom. The predicted molar refractivity (Wildman–Crippen MR) is 92.8 cm³/mol. The second-order valence-corrected chi connectivity index (χ2v) is 9.13. The molecule has 0 bridgehead atoms. The second kappa shape index (κ2) is 8.02. The molecule has 1 N–H and O–H groups in total. The fourth-order valence-corrected chi connectivity index (χ4v) is 4.94. The Labute approximate surface area is 146 Å². The number of hydrogen-bond donors (Lipinski definition) is 1. The van der Waals surface area contributed by atoms with E-state index in [4.69, 9.17) is 4.74 Å². The van der Waals surface area contributed by atoms with Gasteiger partial charge in [-0.2, -0.15) is 0 Å². The molecule has 1 aromatic carbocycles. The molecule has 0 unspecified atom stereocenters. The first-order chi connectivity index (χ1) is 11.2. The van der Waals surface area contributed by atoms with Crippen LogP contribution in [0.1, 0.15) is 17.5 Å². The highest BCUT2D eigenvalue weighted by molar-refractivity contribution is 8.00. The summed E-state index contributed by atoms with van der Waals surface area (Å²) in [4.78, 5) is 24.4. The number of nitrogens with one attached hydrogen (secondary N) is 1. The van der Waals surface area contributed by atoms with Crippen molar-refractivity contribution in [2.75, 3.05) is 23.9 Å². The zero-order chi connectivity index (χ0) is 17.7. The summed E-state index contributed by atoms with van der Waals surface area (Å²) in [6.07, 6.45) is 0.407. The number of aryl methyl sites for hydroxylation is 2. The van der Waals surface area contributed by atoms with Crippen LogP contribution in [0.2, 0.25) is 0 Å². The lowest BCUT2D eigenvalue weighted by atomic mass is 10.2. The summed E-state index contributed by atoms with van der Waals surface area (Å²) in [6, 6.07) is 5.59. The van der Waals surface area contributed by atoms with Crippen LogP contribution < -0.4 is 5.32 Å². The molecule has 0 aliphatic carbocycles. The first kappa shape index (κ1) is 18.8. The van der Waals surface area contributed by atoms with Crippen LogP contribution in [0.25, 0.3) is 0 Å². The number of rotatable bonds is 6. The molecule has 0 saturated carbocycles. The van der Waals surface area contributed by atoms with E-state index in [0.717, 1.165) is 16.0 Å². The Bertz CT molecular complexity index is 730. The van der Waals surface area contributed by atoms with Crippen LogP contribution in [0.4, 0.5) is 0 Å². The minimum absolute atomic E-state index is 0.0464. The molecular formula is C16H21NO5S2. The molecule has 1 heterocycles. The first-order valence-electron chi connectivity index (χ1n) is 7.60. The van der Waals surface area contributed by atoms with Gasteiger partial charge in [0.1, 0.15) is 0 Å². The number of benzene rings is 1. The van der Waals surface area contributed by atoms with Crippen LogP contribution in [0.3, 0.4) is 0 Å². The van der Waals surface area contributed by atoms with E-state index < -0.39 is 21.7 Å². The minimum atomic E-state index is -3.04. The maximum atomic E-state index is 11.7. The third-order valence-electron chi connectivity index (χ3n) is 3.64. The minimum Gasteiger partial charge on any atom is -0.455 e. The lowest BCUT2D eigenvalue weighted by molar-refractivity contribution is -0.146. The van der Waals surface area contributed by atoms with Crippen molar-refractivity contribution in [3.05, 3.63) is 29.3 Å². The summed E-state index contributed by atoms with van der Waals surface area (Å²) in [5, 5.41) is 2.58. The van der Waals surface area contributed by atoms with Crippen molar-refractivity contribution in [3.8, 4) is 0 Å². The van der Waals surface area contributed by atoms with Crippen molar-refractivity contribution >= 4 is 33.5 Å². The van der Waals surface area contributed by atoms with Crippen LogP contribution in [0, 0.1) is 13.8 Å². The van der Waals surface area contributed by atoms with Crippen molar-refractivity contribution in [1.82, 2.24) is 5.32 Å². The first-order valence-corrected chi connectivity index (χ1v) is 10.4. The van der Waals surface area contributed by atoms with Gasteiger partial charge in [0.15, 0.2) is 16.4 Å². The number of carbonyl (C=O) groups excluding carboxylic acids is 2. The van der Waals surface area contributed by atoms with E-state index in [9.17, 15) is 18.0 Å². The van der Waals surface area contributed by atoms with Gasteiger partial charge in [-0.05, 0) is 31.9 Å². The second-order valence-electron chi connectivity index (χ2n) is 5.89. The zero-order valence-electron chi connectivity index (χ0n) is 13.7. The number of ether oxygens (including phenoxy) is 1. The van der Waals surface area contributed by atoms with Crippen LogP contribution in [0.15, 0.2) is 23.1 Å². The van der Waals surface area contributed by atoms with Crippen molar-refractivity contribution in [1.29, 1.82) is 0 Å². The van der Waals surface area contributed by atoms with Crippen LogP contribution in [-0.2, 0) is 24.2 Å². The Morgan fingerprint density at radius 3 is 2.71 bits per heavy atom. The molecule has 1 saturated heterocycles. The standard InChI is InChI=1S/C16H21NO5S2/c1-11-3-4-14(12(2)7-11)23-9-16(19)22-8-15(18)17-13-5-6-24(20,21)10-13/h3-4,7,13H,5-6,8-10H2,1-2H3,(H,17,18)/t13-/m1/s1. The molecule has 132 valence electrons. The number of hydrogen-bond acceptors (Lipinski definition) is 6. The van der Waals surface area contributed by atoms with Crippen molar-refractivity contribution in [3.63, 3.8) is 0 Å². The molecule has 1 fully saturated rings. The highest BCUT2D eigenvalue weighted by atomic mass is 32.2. The fourth-order valence-electron chi connectivity index (χ4n) is 2.46. The van der Waals surface area contributed by atoms with E-state index in [1.165, 1.54) is 11.8 Å². The van der Waals surface area contributed by atoms with Gasteiger partial charge in [-0.1, -0.05) is 17.7 Å². The van der Waals surface area contributed by atoms with E-state index in [1.54, 1.807) is 0 Å². The monoisotopic (exact) mass is 371 g/mol. The van der Waals surface area contributed by atoms with Gasteiger partial charge in [-0.25, -0.2) is 8.42 Å². The molecule has 2 rings (SSSR count). The molecule has 6 nitrogen and oxygen atoms in total. The Balaban J connectivity index is 1.70. The van der Waals surface area contributed by atoms with Gasteiger partial charge in [0.2, 0.25) is 0 Å². The topological polar surface area (TPSA) is 89.5 Å². The molecule has 0 aromatic heterocycles. The van der Waals surface area contributed by atoms with Crippen LogP contribution in [0.5, 0.6) is 0 Å². The molecule has 1 atom stereocenters. The van der Waals surface area contributed by atoms with Gasteiger partial charge < -0.3 is 10.1 Å². The number of esters is 1. The van der Waals surface area contributed by atoms with Gasteiger partial charge >= 0.3 is 5.97 Å². The molecule has 1 aliphatic heterocycles.